The van der Waals surface area contributed by atoms with E-state index in [2.05, 4.69) is 55.1 Å². The van der Waals surface area contributed by atoms with Crippen molar-refractivity contribution in [2.45, 2.75) is 0 Å². The van der Waals surface area contributed by atoms with Crippen molar-refractivity contribution in [3.05, 3.63) is 12.7 Å². The van der Waals surface area contributed by atoms with Crippen molar-refractivity contribution in [1.82, 2.24) is 9.97 Å². The molecule has 0 amide bonds. The topological polar surface area (TPSA) is 28.7 Å². The van der Waals surface area contributed by atoms with Crippen LogP contribution in [-0.4, -0.2) is 9.97 Å². The molecule has 0 spiro atoms. The molecule has 2 nitrogen and oxygen atoms in total. The first-order chi connectivity index (χ1) is 3.70. The Balaban J connectivity index is 3.14. The van der Waals surface area contributed by atoms with Crippen molar-refractivity contribution in [1.29, 1.82) is 0 Å². The largest absolute Gasteiger partial charge is 0.323 e. The van der Waals surface area contributed by atoms with Gasteiger partial charge in [0.1, 0.15) is 7.40 Å². The molecule has 0 bridgehead atoms. The van der Waals surface area contributed by atoms with Crippen LogP contribution in [-0.2, 0) is 0 Å². The summed E-state index contributed by atoms with van der Waals surface area (Å²) in [6, 6.07) is 0. The molecule has 44 valence electrons. The van der Waals surface area contributed by atoms with Crippen LogP contribution < -0.4 is 0 Å². The van der Waals surface area contributed by atoms with Crippen molar-refractivity contribution in [3.8, 4) is 0 Å². The van der Waals surface area contributed by atoms with Gasteiger partial charge in [-0.05, 0) is 56.8 Å². The number of imidazole rings is 1. The minimum atomic E-state index is 0.457. The normalized spacial score (nSPS) is 9.88. The molecule has 0 atom stereocenters. The number of hydrogen-bond acceptors (Lipinski definition) is 1. The van der Waals surface area contributed by atoms with E-state index in [1.54, 1.807) is 0 Å². The third-order valence-electron chi connectivity index (χ3n) is 0.590. The number of hydrogen-bond donors (Lipinski definition) is 1. The zero-order valence-corrected chi connectivity index (χ0v) is 8.65. The summed E-state index contributed by atoms with van der Waals surface area (Å²) in [5.41, 5.74) is 0. The summed E-state index contributed by atoms with van der Waals surface area (Å²) < 4.78 is 1.92. The van der Waals surface area contributed by atoms with Gasteiger partial charge >= 0.3 is 0 Å². The molecule has 1 rings (SSSR count). The second kappa shape index (κ2) is 2.70. The molecule has 0 radical (unpaired) electrons. The molecule has 1 N–H and O–H groups in total. The van der Waals surface area contributed by atoms with E-state index < -0.39 is 0 Å². The molecule has 0 aliphatic heterocycles. The average molecular weight is 354 g/mol. The van der Waals surface area contributed by atoms with Crippen molar-refractivity contribution < 1.29 is 0 Å². The lowest BCUT2D eigenvalue weighted by molar-refractivity contribution is 1.29. The maximum absolute atomic E-state index is 5.49. The summed E-state index contributed by atoms with van der Waals surface area (Å²) in [5, 5.41) is 0.457. The third-order valence-corrected chi connectivity index (χ3v) is 3.36. The van der Waals surface area contributed by atoms with Crippen LogP contribution in [0.2, 0.25) is 5.28 Å². The Morgan fingerprint density at radius 2 is 2.12 bits per heavy atom. The van der Waals surface area contributed by atoms with Crippen LogP contribution in [0, 0.1) is 7.40 Å². The van der Waals surface area contributed by atoms with Crippen molar-refractivity contribution in [2.24, 2.45) is 0 Å². The number of aromatic amines is 1. The smallest absolute Gasteiger partial charge is 0.201 e. The first kappa shape index (κ1) is 7.07. The summed E-state index contributed by atoms with van der Waals surface area (Å²) in [4.78, 5) is 6.74. The Kier molecular flexibility index (Phi) is 2.38. The van der Waals surface area contributed by atoms with Gasteiger partial charge in [0, 0.05) is 0 Å². The first-order valence-corrected chi connectivity index (χ1v) is 4.30. The van der Waals surface area contributed by atoms with Crippen molar-refractivity contribution in [2.75, 3.05) is 0 Å². The van der Waals surface area contributed by atoms with Gasteiger partial charge in [-0.3, -0.25) is 0 Å². The number of nitrogens with one attached hydrogen (secondary N) is 1. The van der Waals surface area contributed by atoms with Gasteiger partial charge in [0.15, 0.2) is 0 Å². The van der Waals surface area contributed by atoms with Crippen LogP contribution in [0.4, 0.5) is 0 Å². The second-order valence-corrected chi connectivity index (χ2v) is 3.59. The molecule has 0 aromatic carbocycles. The van der Waals surface area contributed by atoms with Gasteiger partial charge < -0.3 is 4.98 Å². The van der Waals surface area contributed by atoms with E-state index in [1.165, 1.54) is 0 Å². The molecule has 8 heavy (non-hydrogen) atoms. The van der Waals surface area contributed by atoms with Crippen LogP contribution in [0.25, 0.3) is 0 Å². The zero-order chi connectivity index (χ0) is 6.15. The number of halogens is 3. The van der Waals surface area contributed by atoms with E-state index in [1.807, 2.05) is 0 Å². The van der Waals surface area contributed by atoms with Crippen molar-refractivity contribution >= 4 is 56.8 Å². The average Bonchev–Trinajstić information content (AvgIpc) is 1.85. The van der Waals surface area contributed by atoms with E-state index in [0.29, 0.717) is 5.28 Å². The van der Waals surface area contributed by atoms with E-state index in [-0.39, 0.29) is 0 Å². The van der Waals surface area contributed by atoms with Gasteiger partial charge in [-0.1, -0.05) is 0 Å². The second-order valence-electron chi connectivity index (χ2n) is 1.13. The van der Waals surface area contributed by atoms with Crippen LogP contribution >= 0.6 is 56.8 Å². The first-order valence-electron chi connectivity index (χ1n) is 1.76. The fourth-order valence-electron chi connectivity index (χ4n) is 0.305. The minimum Gasteiger partial charge on any atom is -0.323 e. The quantitative estimate of drug-likeness (QED) is 0.712. The molecule has 1 aromatic rings. The van der Waals surface area contributed by atoms with Gasteiger partial charge in [0.05, 0.1) is 0 Å². The number of rotatable bonds is 0. The SMILES string of the molecule is Clc1nc(I)c(I)[nH]1. The molecule has 0 aliphatic rings. The highest BCUT2D eigenvalue weighted by Crippen LogP contribution is 2.13. The Morgan fingerprint density at radius 1 is 1.50 bits per heavy atom. The Hall–Kier alpha value is 0.960. The Morgan fingerprint density at radius 3 is 2.25 bits per heavy atom. The lowest BCUT2D eigenvalue weighted by Crippen LogP contribution is -1.69. The predicted octanol–water partition coefficient (Wildman–Crippen LogP) is 2.27. The number of H-pyrrole nitrogens is 1. The lowest BCUT2D eigenvalue weighted by Gasteiger charge is -1.74. The fraction of sp³-hybridized carbons (Fsp3) is 0. The van der Waals surface area contributed by atoms with Gasteiger partial charge in [0.2, 0.25) is 5.28 Å². The standard InChI is InChI=1S/C3HClI2N2/c4-3-7-1(5)2(6)8-3/h(H,7,8). The lowest BCUT2D eigenvalue weighted by atomic mass is 11.0. The van der Waals surface area contributed by atoms with Gasteiger partial charge in [-0.15, -0.1) is 0 Å². The number of nitrogens with zero attached hydrogens (tertiary/aromatic N) is 1. The highest BCUT2D eigenvalue weighted by Gasteiger charge is 1.99. The van der Waals surface area contributed by atoms with Crippen LogP contribution in [0.3, 0.4) is 0 Å². The molecule has 0 aliphatic carbocycles. The van der Waals surface area contributed by atoms with E-state index in [9.17, 15) is 0 Å². The molecule has 0 fully saturated rings. The monoisotopic (exact) mass is 354 g/mol. The highest BCUT2D eigenvalue weighted by atomic mass is 127. The molecular formula is C3HClI2N2. The summed E-state index contributed by atoms with van der Waals surface area (Å²) >= 11 is 9.74. The van der Waals surface area contributed by atoms with Gasteiger partial charge in [0.25, 0.3) is 0 Å². The van der Waals surface area contributed by atoms with Gasteiger partial charge in [-0.25, -0.2) is 4.98 Å². The molecule has 5 heteroatoms. The molecule has 0 saturated carbocycles. The maximum Gasteiger partial charge on any atom is 0.201 e. The molecular weight excluding hydrogens is 353 g/mol. The fourth-order valence-corrected chi connectivity index (χ4v) is 1.54. The molecule has 1 aromatic heterocycles. The minimum absolute atomic E-state index is 0.457. The number of aromatic nitrogens is 2. The summed E-state index contributed by atoms with van der Waals surface area (Å²) in [7, 11) is 0. The Bertz CT molecular complexity index is 178. The highest BCUT2D eigenvalue weighted by molar-refractivity contribution is 14.1. The maximum atomic E-state index is 5.49. The summed E-state index contributed by atoms with van der Waals surface area (Å²) in [5.74, 6) is 0. The molecule has 0 saturated heterocycles. The summed E-state index contributed by atoms with van der Waals surface area (Å²) in [6.45, 7) is 0. The van der Waals surface area contributed by atoms with E-state index in [4.69, 9.17) is 11.6 Å². The van der Waals surface area contributed by atoms with Gasteiger partial charge in [-0.2, -0.15) is 0 Å². The van der Waals surface area contributed by atoms with Crippen LogP contribution in [0.1, 0.15) is 0 Å². The van der Waals surface area contributed by atoms with Crippen molar-refractivity contribution in [3.63, 3.8) is 0 Å². The van der Waals surface area contributed by atoms with E-state index >= 15 is 0 Å². The molecule has 1 heterocycles. The van der Waals surface area contributed by atoms with Crippen LogP contribution in [0.5, 0.6) is 0 Å². The Labute approximate surface area is 78.7 Å². The third kappa shape index (κ3) is 1.47. The predicted molar refractivity (Wildman–Crippen MR) is 49.0 cm³/mol. The van der Waals surface area contributed by atoms with E-state index in [0.717, 1.165) is 7.40 Å². The molecule has 0 unspecified atom stereocenters. The summed E-state index contributed by atoms with van der Waals surface area (Å²) in [6.07, 6.45) is 0. The van der Waals surface area contributed by atoms with Crippen LogP contribution in [0.15, 0.2) is 0 Å². The zero-order valence-electron chi connectivity index (χ0n) is 3.58.